The van der Waals surface area contributed by atoms with Gasteiger partial charge in [-0.1, -0.05) is 24.3 Å². The summed E-state index contributed by atoms with van der Waals surface area (Å²) in [4.78, 5) is 21.8. The number of nitrogen functional groups attached to an aromatic ring is 1. The lowest BCUT2D eigenvalue weighted by molar-refractivity contribution is -0.384. The molecule has 5 N–H and O–H groups in total. The van der Waals surface area contributed by atoms with E-state index in [1.807, 2.05) is 0 Å². The Morgan fingerprint density at radius 2 is 1.72 bits per heavy atom. The van der Waals surface area contributed by atoms with Gasteiger partial charge in [-0.3, -0.25) is 15.5 Å². The molecule has 0 atom stereocenters. The van der Waals surface area contributed by atoms with Crippen LogP contribution in [0.1, 0.15) is 23.6 Å². The maximum atomic E-state index is 11.5. The Bertz CT molecular complexity index is 901. The zero-order chi connectivity index (χ0) is 18.7. The highest BCUT2D eigenvalue weighted by atomic mass is 16.6. The molecule has 0 aliphatic heterocycles. The van der Waals surface area contributed by atoms with Crippen molar-refractivity contribution in [2.75, 3.05) is 0 Å². The first-order valence-electron chi connectivity index (χ1n) is 7.09. The molecule has 0 bridgehead atoms. The van der Waals surface area contributed by atoms with Crippen LogP contribution < -0.4 is 5.73 Å². The lowest BCUT2D eigenvalue weighted by Gasteiger charge is -2.13. The van der Waals surface area contributed by atoms with Gasteiger partial charge in [0, 0.05) is 34.4 Å². The molecule has 25 heavy (non-hydrogen) atoms. The standard InChI is InChI=1S/C17H15N3O5/c1-9(17(22)23)15(10-2-4-11(5-3-10)16(18)19)13-8-12(20(24)25)6-7-14(13)21/h2-8,21H,1H3,(H3,18,19)(H,22,23)/b15-9+. The van der Waals surface area contributed by atoms with Gasteiger partial charge in [-0.2, -0.15) is 0 Å². The normalized spacial score (nSPS) is 11.6. The number of hydrogen-bond acceptors (Lipinski definition) is 5. The number of carboxylic acids is 1. The summed E-state index contributed by atoms with van der Waals surface area (Å²) >= 11 is 0. The molecule has 2 aromatic carbocycles. The van der Waals surface area contributed by atoms with Crippen LogP contribution in [0.3, 0.4) is 0 Å². The van der Waals surface area contributed by atoms with Gasteiger partial charge in [-0.15, -0.1) is 0 Å². The number of nitrogens with zero attached hydrogens (tertiary/aromatic N) is 1. The van der Waals surface area contributed by atoms with Gasteiger partial charge in [0.05, 0.1) is 4.92 Å². The number of phenolic OH excluding ortho intramolecular Hbond substituents is 1. The lowest BCUT2D eigenvalue weighted by Crippen LogP contribution is -2.10. The number of amidine groups is 1. The molecule has 0 radical (unpaired) electrons. The van der Waals surface area contributed by atoms with Gasteiger partial charge in [0.15, 0.2) is 0 Å². The molecular formula is C17H15N3O5. The summed E-state index contributed by atoms with van der Waals surface area (Å²) in [6.45, 7) is 1.34. The van der Waals surface area contributed by atoms with E-state index in [9.17, 15) is 25.1 Å². The van der Waals surface area contributed by atoms with E-state index in [0.29, 0.717) is 11.1 Å². The third-order valence-electron chi connectivity index (χ3n) is 3.64. The first kappa shape index (κ1) is 17.7. The van der Waals surface area contributed by atoms with E-state index in [2.05, 4.69) is 0 Å². The number of aliphatic carboxylic acids is 1. The van der Waals surface area contributed by atoms with E-state index in [1.165, 1.54) is 31.2 Å². The minimum Gasteiger partial charge on any atom is -0.507 e. The number of non-ortho nitro benzene ring substituents is 1. The van der Waals surface area contributed by atoms with Crippen molar-refractivity contribution in [3.63, 3.8) is 0 Å². The van der Waals surface area contributed by atoms with Gasteiger partial charge in [-0.25, -0.2) is 4.79 Å². The van der Waals surface area contributed by atoms with Crippen LogP contribution in [0.2, 0.25) is 0 Å². The van der Waals surface area contributed by atoms with Gasteiger partial charge in [0.25, 0.3) is 5.69 Å². The summed E-state index contributed by atoms with van der Waals surface area (Å²) in [5, 5.41) is 37.9. The van der Waals surface area contributed by atoms with E-state index in [0.717, 1.165) is 18.2 Å². The number of carboxylic acid groups (broad SMARTS) is 1. The minimum absolute atomic E-state index is 0.0321. The van der Waals surface area contributed by atoms with Crippen LogP contribution in [0, 0.1) is 15.5 Å². The van der Waals surface area contributed by atoms with Gasteiger partial charge in [-0.05, 0) is 18.6 Å². The van der Waals surface area contributed by atoms with Gasteiger partial charge in [0.1, 0.15) is 11.6 Å². The molecule has 2 aromatic rings. The molecule has 0 aromatic heterocycles. The highest BCUT2D eigenvalue weighted by Crippen LogP contribution is 2.35. The predicted molar refractivity (Wildman–Crippen MR) is 91.6 cm³/mol. The zero-order valence-corrected chi connectivity index (χ0v) is 13.2. The SMILES string of the molecule is C/C(C(=O)O)=C(/c1ccc(C(=N)N)cc1)c1cc([N+](=O)[O-])ccc1O. The number of benzene rings is 2. The number of nitrogens with one attached hydrogen (secondary N) is 1. The van der Waals surface area contributed by atoms with Crippen LogP contribution in [0.15, 0.2) is 48.0 Å². The van der Waals surface area contributed by atoms with Crippen molar-refractivity contribution < 1.29 is 19.9 Å². The first-order chi connectivity index (χ1) is 11.7. The monoisotopic (exact) mass is 341 g/mol. The van der Waals surface area contributed by atoms with E-state index in [4.69, 9.17) is 11.1 Å². The van der Waals surface area contributed by atoms with Gasteiger partial charge < -0.3 is 15.9 Å². The van der Waals surface area contributed by atoms with Gasteiger partial charge in [0.2, 0.25) is 0 Å². The number of phenols is 1. The fourth-order valence-corrected chi connectivity index (χ4v) is 2.34. The predicted octanol–water partition coefficient (Wildman–Crippen LogP) is 2.49. The molecule has 128 valence electrons. The Balaban J connectivity index is 2.73. The second-order valence-corrected chi connectivity index (χ2v) is 5.25. The number of nitro benzene ring substituents is 1. The molecular weight excluding hydrogens is 326 g/mol. The van der Waals surface area contributed by atoms with Crippen molar-refractivity contribution in [2.45, 2.75) is 6.92 Å². The summed E-state index contributed by atoms with van der Waals surface area (Å²) in [7, 11) is 0. The summed E-state index contributed by atoms with van der Waals surface area (Å²) < 4.78 is 0. The Morgan fingerprint density at radius 3 is 2.20 bits per heavy atom. The highest BCUT2D eigenvalue weighted by molar-refractivity contribution is 6.02. The van der Waals surface area contributed by atoms with E-state index >= 15 is 0 Å². The molecule has 0 spiro atoms. The molecule has 8 nitrogen and oxygen atoms in total. The number of nitro groups is 1. The largest absolute Gasteiger partial charge is 0.507 e. The third kappa shape index (κ3) is 3.63. The van der Waals surface area contributed by atoms with Crippen molar-refractivity contribution in [1.29, 1.82) is 5.41 Å². The zero-order valence-electron chi connectivity index (χ0n) is 13.2. The second kappa shape index (κ2) is 6.83. The van der Waals surface area contributed by atoms with Crippen LogP contribution in [0.25, 0.3) is 5.57 Å². The molecule has 0 heterocycles. The molecule has 2 rings (SSSR count). The van der Waals surface area contributed by atoms with E-state index in [1.54, 1.807) is 0 Å². The molecule has 0 aliphatic carbocycles. The summed E-state index contributed by atoms with van der Waals surface area (Å²) in [6.07, 6.45) is 0. The minimum atomic E-state index is -1.23. The number of nitrogens with two attached hydrogens (primary N) is 1. The average molecular weight is 341 g/mol. The smallest absolute Gasteiger partial charge is 0.331 e. The number of carbonyl (C=O) groups is 1. The van der Waals surface area contributed by atoms with Crippen molar-refractivity contribution in [3.8, 4) is 5.75 Å². The maximum Gasteiger partial charge on any atom is 0.331 e. The van der Waals surface area contributed by atoms with E-state index in [-0.39, 0.29) is 34.0 Å². The molecule has 0 unspecified atom stereocenters. The van der Waals surface area contributed by atoms with E-state index < -0.39 is 10.9 Å². The first-order valence-corrected chi connectivity index (χ1v) is 7.09. The number of rotatable bonds is 5. The highest BCUT2D eigenvalue weighted by Gasteiger charge is 2.20. The fraction of sp³-hybridized carbons (Fsp3) is 0.0588. The summed E-state index contributed by atoms with van der Waals surface area (Å²) in [6, 6.07) is 9.53. The Morgan fingerprint density at radius 1 is 1.16 bits per heavy atom. The molecule has 0 saturated carbocycles. The Kier molecular flexibility index (Phi) is 4.83. The van der Waals surface area contributed by atoms with Crippen LogP contribution >= 0.6 is 0 Å². The average Bonchev–Trinajstić information content (AvgIpc) is 2.56. The van der Waals surface area contributed by atoms with Crippen molar-refractivity contribution >= 4 is 23.1 Å². The summed E-state index contributed by atoms with van der Waals surface area (Å²) in [5.41, 5.74) is 6.07. The van der Waals surface area contributed by atoms with Crippen LogP contribution in [0.5, 0.6) is 5.75 Å². The fourth-order valence-electron chi connectivity index (χ4n) is 2.34. The molecule has 0 saturated heterocycles. The number of aromatic hydroxyl groups is 1. The van der Waals surface area contributed by atoms with Crippen molar-refractivity contribution in [1.82, 2.24) is 0 Å². The number of hydrogen-bond donors (Lipinski definition) is 4. The van der Waals surface area contributed by atoms with Crippen LogP contribution in [-0.2, 0) is 4.79 Å². The molecule has 0 aliphatic rings. The molecule has 8 heteroatoms. The Hall–Kier alpha value is -3.68. The molecule has 0 fully saturated rings. The van der Waals surface area contributed by atoms with Crippen LogP contribution in [-0.4, -0.2) is 26.9 Å². The topological polar surface area (TPSA) is 151 Å². The van der Waals surface area contributed by atoms with Crippen molar-refractivity contribution in [2.24, 2.45) is 5.73 Å². The van der Waals surface area contributed by atoms with Gasteiger partial charge >= 0.3 is 5.97 Å². The maximum absolute atomic E-state index is 11.5. The lowest BCUT2D eigenvalue weighted by atomic mass is 9.92. The Labute approximate surface area is 142 Å². The second-order valence-electron chi connectivity index (χ2n) is 5.25. The third-order valence-corrected chi connectivity index (χ3v) is 3.64. The van der Waals surface area contributed by atoms with Crippen molar-refractivity contribution in [3.05, 3.63) is 74.8 Å². The quantitative estimate of drug-likeness (QED) is 0.216. The summed E-state index contributed by atoms with van der Waals surface area (Å²) in [5.74, 6) is -1.65. The molecule has 0 amide bonds. The van der Waals surface area contributed by atoms with Crippen LogP contribution in [0.4, 0.5) is 5.69 Å².